The van der Waals surface area contributed by atoms with E-state index < -0.39 is 5.54 Å². The van der Waals surface area contributed by atoms with Gasteiger partial charge in [-0.15, -0.1) is 0 Å². The number of anilines is 1. The van der Waals surface area contributed by atoms with E-state index in [-0.39, 0.29) is 11.7 Å². The molecule has 0 aliphatic carbocycles. The van der Waals surface area contributed by atoms with Gasteiger partial charge in [0.1, 0.15) is 11.3 Å². The number of benzene rings is 1. The Kier molecular flexibility index (Phi) is 2.96. The second-order valence-corrected chi connectivity index (χ2v) is 4.36. The van der Waals surface area contributed by atoms with Crippen LogP contribution in [0.5, 0.6) is 5.75 Å². The van der Waals surface area contributed by atoms with Gasteiger partial charge in [-0.2, -0.15) is 0 Å². The van der Waals surface area contributed by atoms with E-state index in [1.807, 2.05) is 19.1 Å². The lowest BCUT2D eigenvalue weighted by molar-refractivity contribution is -0.146. The molecule has 4 nitrogen and oxygen atoms in total. The Morgan fingerprint density at radius 1 is 1.59 bits per heavy atom. The van der Waals surface area contributed by atoms with E-state index in [0.717, 1.165) is 12.0 Å². The third-order valence-corrected chi connectivity index (χ3v) is 3.49. The number of phenols is 1. The lowest BCUT2D eigenvalue weighted by atomic mass is 9.84. The minimum Gasteiger partial charge on any atom is -0.506 e. The normalized spacial score (nSPS) is 22.5. The van der Waals surface area contributed by atoms with Crippen LogP contribution >= 0.6 is 0 Å². The van der Waals surface area contributed by atoms with Gasteiger partial charge in [0.15, 0.2) is 0 Å². The molecule has 92 valence electrons. The van der Waals surface area contributed by atoms with Gasteiger partial charge < -0.3 is 15.2 Å². The summed E-state index contributed by atoms with van der Waals surface area (Å²) in [6, 6.07) is 5.39. The van der Waals surface area contributed by atoms with Crippen molar-refractivity contribution in [1.82, 2.24) is 0 Å². The Hall–Kier alpha value is -1.71. The van der Waals surface area contributed by atoms with E-state index in [9.17, 15) is 9.90 Å². The van der Waals surface area contributed by atoms with Crippen LogP contribution in [0, 0.1) is 0 Å². The molecule has 0 saturated heterocycles. The molecule has 1 aromatic carbocycles. The van der Waals surface area contributed by atoms with Crippen molar-refractivity contribution >= 4 is 11.7 Å². The van der Waals surface area contributed by atoms with Gasteiger partial charge in [0.25, 0.3) is 0 Å². The number of carbonyl (C=O) groups excluding carboxylic acids is 1. The zero-order valence-electron chi connectivity index (χ0n) is 10.1. The number of esters is 1. The molecule has 0 saturated carbocycles. The van der Waals surface area contributed by atoms with E-state index in [1.54, 1.807) is 6.07 Å². The summed E-state index contributed by atoms with van der Waals surface area (Å²) < 4.78 is 4.86. The van der Waals surface area contributed by atoms with Gasteiger partial charge in [0, 0.05) is 0 Å². The Balaban J connectivity index is 2.39. The van der Waals surface area contributed by atoms with Crippen molar-refractivity contribution in [3.63, 3.8) is 0 Å². The molecular weight excluding hydrogens is 218 g/mol. The van der Waals surface area contributed by atoms with Crippen LogP contribution in [0.15, 0.2) is 18.2 Å². The highest BCUT2D eigenvalue weighted by Gasteiger charge is 2.41. The Morgan fingerprint density at radius 2 is 2.35 bits per heavy atom. The van der Waals surface area contributed by atoms with Gasteiger partial charge in [-0.1, -0.05) is 19.1 Å². The van der Waals surface area contributed by atoms with E-state index in [1.165, 1.54) is 7.11 Å². The van der Waals surface area contributed by atoms with Crippen LogP contribution in [0.4, 0.5) is 5.69 Å². The van der Waals surface area contributed by atoms with Crippen LogP contribution in [-0.2, 0) is 16.0 Å². The smallest absolute Gasteiger partial charge is 0.331 e. The average molecular weight is 235 g/mol. The van der Waals surface area contributed by atoms with Crippen molar-refractivity contribution in [2.45, 2.75) is 31.7 Å². The zero-order valence-corrected chi connectivity index (χ0v) is 10.1. The number of carbonyl (C=O) groups is 1. The molecule has 1 atom stereocenters. The fourth-order valence-corrected chi connectivity index (χ4v) is 2.35. The zero-order chi connectivity index (χ0) is 12.5. The Labute approximate surface area is 101 Å². The summed E-state index contributed by atoms with van der Waals surface area (Å²) in [6.45, 7) is 1.94. The topological polar surface area (TPSA) is 58.6 Å². The molecular formula is C13H17NO3. The maximum absolute atomic E-state index is 11.9. The number of para-hydroxylation sites is 1. The molecule has 17 heavy (non-hydrogen) atoms. The molecule has 0 aromatic heterocycles. The predicted octanol–water partition coefficient (Wildman–Crippen LogP) is 2.07. The Bertz CT molecular complexity index is 444. The fraction of sp³-hybridized carbons (Fsp3) is 0.462. The third-order valence-electron chi connectivity index (χ3n) is 3.49. The van der Waals surface area contributed by atoms with Crippen molar-refractivity contribution in [2.24, 2.45) is 0 Å². The van der Waals surface area contributed by atoms with Gasteiger partial charge >= 0.3 is 5.97 Å². The maximum Gasteiger partial charge on any atom is 0.331 e. The maximum atomic E-state index is 11.9. The van der Waals surface area contributed by atoms with Gasteiger partial charge in [-0.25, -0.2) is 4.79 Å². The molecule has 0 amide bonds. The quantitative estimate of drug-likeness (QED) is 0.608. The first-order chi connectivity index (χ1) is 8.13. The first kappa shape index (κ1) is 11.8. The minimum atomic E-state index is -0.708. The minimum absolute atomic E-state index is 0.184. The van der Waals surface area contributed by atoms with Gasteiger partial charge in [-0.3, -0.25) is 0 Å². The first-order valence-corrected chi connectivity index (χ1v) is 5.80. The highest BCUT2D eigenvalue weighted by atomic mass is 16.5. The second-order valence-electron chi connectivity index (χ2n) is 4.36. The molecule has 1 aromatic rings. The van der Waals surface area contributed by atoms with Crippen molar-refractivity contribution < 1.29 is 14.6 Å². The summed E-state index contributed by atoms with van der Waals surface area (Å²) in [6.07, 6.45) is 2.08. The van der Waals surface area contributed by atoms with Crippen molar-refractivity contribution in [3.8, 4) is 5.75 Å². The highest BCUT2D eigenvalue weighted by Crippen LogP contribution is 2.38. The summed E-state index contributed by atoms with van der Waals surface area (Å²) in [5.41, 5.74) is 0.990. The van der Waals surface area contributed by atoms with Crippen LogP contribution in [0.2, 0.25) is 0 Å². The number of aryl methyl sites for hydroxylation is 1. The lowest BCUT2D eigenvalue weighted by Gasteiger charge is -2.36. The molecule has 0 spiro atoms. The molecule has 0 fully saturated rings. The number of nitrogens with one attached hydrogen (secondary N) is 1. The summed E-state index contributed by atoms with van der Waals surface area (Å²) in [4.78, 5) is 11.9. The second kappa shape index (κ2) is 4.28. The number of hydrogen-bond acceptors (Lipinski definition) is 4. The van der Waals surface area contributed by atoms with Crippen molar-refractivity contribution in [3.05, 3.63) is 23.8 Å². The predicted molar refractivity (Wildman–Crippen MR) is 65.1 cm³/mol. The molecule has 1 aliphatic heterocycles. The number of aromatic hydroxyl groups is 1. The van der Waals surface area contributed by atoms with E-state index in [4.69, 9.17) is 4.74 Å². The first-order valence-electron chi connectivity index (χ1n) is 5.80. The number of rotatable bonds is 2. The SMILES string of the molecule is CCC1(C(=O)OC)CCc2cccc(O)c2N1. The van der Waals surface area contributed by atoms with Crippen molar-refractivity contribution in [1.29, 1.82) is 0 Å². The van der Waals surface area contributed by atoms with E-state index in [0.29, 0.717) is 18.5 Å². The number of hydrogen-bond donors (Lipinski definition) is 2. The largest absolute Gasteiger partial charge is 0.506 e. The molecule has 1 unspecified atom stereocenters. The monoisotopic (exact) mass is 235 g/mol. The van der Waals surface area contributed by atoms with Crippen LogP contribution in [0.25, 0.3) is 0 Å². The fourth-order valence-electron chi connectivity index (χ4n) is 2.35. The summed E-state index contributed by atoms with van der Waals surface area (Å²) >= 11 is 0. The molecule has 1 aliphatic rings. The lowest BCUT2D eigenvalue weighted by Crippen LogP contribution is -2.49. The van der Waals surface area contributed by atoms with E-state index in [2.05, 4.69) is 5.32 Å². The number of fused-ring (bicyclic) bond motifs is 1. The summed E-state index contributed by atoms with van der Waals surface area (Å²) in [5.74, 6) is -0.0853. The van der Waals surface area contributed by atoms with Gasteiger partial charge in [0.05, 0.1) is 12.8 Å². The van der Waals surface area contributed by atoms with Crippen LogP contribution in [0.3, 0.4) is 0 Å². The molecule has 2 rings (SSSR count). The van der Waals surface area contributed by atoms with Crippen LogP contribution in [-0.4, -0.2) is 23.7 Å². The molecule has 4 heteroatoms. The molecule has 2 N–H and O–H groups in total. The van der Waals surface area contributed by atoms with Gasteiger partial charge in [-0.05, 0) is 30.9 Å². The molecule has 1 heterocycles. The Morgan fingerprint density at radius 3 is 3.00 bits per heavy atom. The summed E-state index contributed by atoms with van der Waals surface area (Å²) in [7, 11) is 1.39. The average Bonchev–Trinajstić information content (AvgIpc) is 2.38. The number of phenolic OH excluding ortho intramolecular Hbond substituents is 1. The third kappa shape index (κ3) is 1.84. The van der Waals surface area contributed by atoms with Crippen LogP contribution < -0.4 is 5.32 Å². The highest BCUT2D eigenvalue weighted by molar-refractivity contribution is 5.86. The molecule has 0 radical (unpaired) electrons. The van der Waals surface area contributed by atoms with Crippen LogP contribution in [0.1, 0.15) is 25.3 Å². The van der Waals surface area contributed by atoms with Crippen molar-refractivity contribution in [2.75, 3.05) is 12.4 Å². The number of ether oxygens (including phenoxy) is 1. The molecule has 0 bridgehead atoms. The standard InChI is InChI=1S/C13H17NO3/c1-3-13(12(16)17-2)8-7-9-5-4-6-10(15)11(9)14-13/h4-6,14-15H,3,7-8H2,1-2H3. The summed E-state index contributed by atoms with van der Waals surface area (Å²) in [5, 5.41) is 13.0. The van der Waals surface area contributed by atoms with E-state index >= 15 is 0 Å². The number of methoxy groups -OCH3 is 1. The van der Waals surface area contributed by atoms with Gasteiger partial charge in [0.2, 0.25) is 0 Å².